The molecule has 0 aliphatic carbocycles. The third-order valence-corrected chi connectivity index (χ3v) is 3.64. The molecule has 0 aliphatic rings. The van der Waals surface area contributed by atoms with Crippen molar-refractivity contribution in [3.63, 3.8) is 0 Å². The lowest BCUT2D eigenvalue weighted by molar-refractivity contribution is 0.580. The molecule has 0 saturated carbocycles. The molecule has 6 heteroatoms. The van der Waals surface area contributed by atoms with E-state index < -0.39 is 0 Å². The number of hydrogen-bond donors (Lipinski definition) is 0. The molecule has 0 bridgehead atoms. The highest BCUT2D eigenvalue weighted by Gasteiger charge is 2.15. The van der Waals surface area contributed by atoms with Crippen LogP contribution in [0.5, 0.6) is 0 Å². The summed E-state index contributed by atoms with van der Waals surface area (Å²) in [5, 5.41) is 8.45. The predicted molar refractivity (Wildman–Crippen MR) is 81.1 cm³/mol. The Morgan fingerprint density at radius 2 is 2.00 bits per heavy atom. The molecule has 0 spiro atoms. The van der Waals surface area contributed by atoms with Crippen molar-refractivity contribution in [1.29, 1.82) is 0 Å². The van der Waals surface area contributed by atoms with Crippen molar-refractivity contribution in [2.75, 3.05) is 0 Å². The number of aryl methyl sites for hydroxylation is 1. The molecule has 0 aliphatic heterocycles. The van der Waals surface area contributed by atoms with Gasteiger partial charge in [-0.3, -0.25) is 0 Å². The van der Waals surface area contributed by atoms with E-state index in [4.69, 9.17) is 4.42 Å². The lowest BCUT2D eigenvalue weighted by Gasteiger charge is -2.05. The van der Waals surface area contributed by atoms with Gasteiger partial charge in [-0.1, -0.05) is 29.5 Å². The molecule has 0 unspecified atom stereocenters. The van der Waals surface area contributed by atoms with Crippen LogP contribution in [-0.4, -0.2) is 25.0 Å². The SMILES string of the molecule is Cc1ccccc1Cn1nnc2c(-c3ccco3)ncnc21. The molecule has 0 fully saturated rings. The van der Waals surface area contributed by atoms with Gasteiger partial charge in [-0.15, -0.1) is 5.10 Å². The molecule has 22 heavy (non-hydrogen) atoms. The summed E-state index contributed by atoms with van der Waals surface area (Å²) < 4.78 is 7.19. The molecule has 0 amide bonds. The van der Waals surface area contributed by atoms with E-state index in [1.165, 1.54) is 17.5 Å². The summed E-state index contributed by atoms with van der Waals surface area (Å²) in [7, 11) is 0. The average Bonchev–Trinajstić information content (AvgIpc) is 3.19. The largest absolute Gasteiger partial charge is 0.463 e. The standard InChI is InChI=1S/C16H13N5O/c1-11-5-2-3-6-12(11)9-21-16-15(19-20-21)14(17-10-18-16)13-7-4-8-22-13/h2-8,10H,9H2,1H3. The van der Waals surface area contributed by atoms with Gasteiger partial charge in [-0.25, -0.2) is 14.6 Å². The number of hydrogen-bond acceptors (Lipinski definition) is 5. The van der Waals surface area contributed by atoms with Crippen LogP contribution in [0, 0.1) is 6.92 Å². The topological polar surface area (TPSA) is 69.6 Å². The van der Waals surface area contributed by atoms with Crippen LogP contribution in [0.15, 0.2) is 53.4 Å². The fourth-order valence-corrected chi connectivity index (χ4v) is 2.44. The van der Waals surface area contributed by atoms with Gasteiger partial charge in [0.05, 0.1) is 12.8 Å². The van der Waals surface area contributed by atoms with Crippen LogP contribution in [0.1, 0.15) is 11.1 Å². The fourth-order valence-electron chi connectivity index (χ4n) is 2.44. The Labute approximate surface area is 126 Å². The third kappa shape index (κ3) is 2.05. The van der Waals surface area contributed by atoms with Gasteiger partial charge in [-0.05, 0) is 30.2 Å². The van der Waals surface area contributed by atoms with E-state index in [1.54, 1.807) is 10.9 Å². The molecule has 4 aromatic rings. The Bertz CT molecular complexity index is 927. The first-order valence-corrected chi connectivity index (χ1v) is 6.95. The quantitative estimate of drug-likeness (QED) is 0.580. The first-order valence-electron chi connectivity index (χ1n) is 6.95. The zero-order valence-electron chi connectivity index (χ0n) is 12.0. The number of fused-ring (bicyclic) bond motifs is 1. The summed E-state index contributed by atoms with van der Waals surface area (Å²) in [6.45, 7) is 2.70. The van der Waals surface area contributed by atoms with Crippen LogP contribution >= 0.6 is 0 Å². The normalized spacial score (nSPS) is 11.1. The molecule has 3 aromatic heterocycles. The average molecular weight is 291 g/mol. The van der Waals surface area contributed by atoms with E-state index in [0.717, 1.165) is 0 Å². The number of furan rings is 1. The van der Waals surface area contributed by atoms with Crippen LogP contribution in [-0.2, 0) is 6.54 Å². The van der Waals surface area contributed by atoms with E-state index in [1.807, 2.05) is 24.3 Å². The summed E-state index contributed by atoms with van der Waals surface area (Å²) in [5.41, 5.74) is 4.40. The van der Waals surface area contributed by atoms with E-state index in [9.17, 15) is 0 Å². The Balaban J connectivity index is 1.81. The minimum atomic E-state index is 0.623. The van der Waals surface area contributed by atoms with Gasteiger partial charge in [0.25, 0.3) is 0 Å². The Kier molecular flexibility index (Phi) is 2.93. The molecule has 0 saturated heterocycles. The van der Waals surface area contributed by atoms with Crippen LogP contribution < -0.4 is 0 Å². The number of benzene rings is 1. The summed E-state index contributed by atoms with van der Waals surface area (Å²) in [4.78, 5) is 8.59. The van der Waals surface area contributed by atoms with Crippen LogP contribution in [0.3, 0.4) is 0 Å². The maximum atomic E-state index is 5.41. The van der Waals surface area contributed by atoms with E-state index in [2.05, 4.69) is 39.3 Å². The highest BCUT2D eigenvalue weighted by atomic mass is 16.3. The first kappa shape index (κ1) is 12.7. The monoisotopic (exact) mass is 291 g/mol. The van der Waals surface area contributed by atoms with Gasteiger partial charge < -0.3 is 4.42 Å². The first-order chi connectivity index (χ1) is 10.8. The fraction of sp³-hybridized carbons (Fsp3) is 0.125. The Morgan fingerprint density at radius 1 is 1.09 bits per heavy atom. The lowest BCUT2D eigenvalue weighted by atomic mass is 10.1. The lowest BCUT2D eigenvalue weighted by Crippen LogP contribution is -2.04. The number of aromatic nitrogens is 5. The summed E-state index contributed by atoms with van der Waals surface area (Å²) in [6.07, 6.45) is 3.12. The van der Waals surface area contributed by atoms with Gasteiger partial charge in [0.15, 0.2) is 16.9 Å². The second-order valence-corrected chi connectivity index (χ2v) is 5.05. The molecule has 1 aromatic carbocycles. The maximum Gasteiger partial charge on any atom is 0.182 e. The number of nitrogens with zero attached hydrogens (tertiary/aromatic N) is 5. The number of rotatable bonds is 3. The molecular weight excluding hydrogens is 278 g/mol. The van der Waals surface area contributed by atoms with Gasteiger partial charge in [0, 0.05) is 0 Å². The highest BCUT2D eigenvalue weighted by Crippen LogP contribution is 2.24. The van der Waals surface area contributed by atoms with Gasteiger partial charge in [0.2, 0.25) is 0 Å². The molecule has 108 valence electrons. The summed E-state index contributed by atoms with van der Waals surface area (Å²) in [5.74, 6) is 0.662. The van der Waals surface area contributed by atoms with Crippen molar-refractivity contribution in [1.82, 2.24) is 25.0 Å². The summed E-state index contributed by atoms with van der Waals surface area (Å²) >= 11 is 0. The van der Waals surface area contributed by atoms with Crippen LogP contribution in [0.2, 0.25) is 0 Å². The molecule has 3 heterocycles. The van der Waals surface area contributed by atoms with E-state index in [0.29, 0.717) is 29.2 Å². The molecule has 0 radical (unpaired) electrons. The van der Waals surface area contributed by atoms with Crippen molar-refractivity contribution in [3.8, 4) is 11.5 Å². The van der Waals surface area contributed by atoms with Gasteiger partial charge in [0.1, 0.15) is 12.0 Å². The molecule has 0 atom stereocenters. The second-order valence-electron chi connectivity index (χ2n) is 5.05. The van der Waals surface area contributed by atoms with E-state index in [-0.39, 0.29) is 0 Å². The van der Waals surface area contributed by atoms with Crippen molar-refractivity contribution in [3.05, 3.63) is 60.1 Å². The van der Waals surface area contributed by atoms with Crippen LogP contribution in [0.25, 0.3) is 22.6 Å². The van der Waals surface area contributed by atoms with Gasteiger partial charge in [-0.2, -0.15) is 0 Å². The molecule has 4 rings (SSSR count). The predicted octanol–water partition coefficient (Wildman–Crippen LogP) is 2.84. The van der Waals surface area contributed by atoms with Crippen molar-refractivity contribution >= 4 is 11.2 Å². The Morgan fingerprint density at radius 3 is 2.82 bits per heavy atom. The Hall–Kier alpha value is -3.02. The van der Waals surface area contributed by atoms with Crippen molar-refractivity contribution < 1.29 is 4.42 Å². The molecular formula is C16H13N5O. The second kappa shape index (κ2) is 5.07. The van der Waals surface area contributed by atoms with Crippen molar-refractivity contribution in [2.45, 2.75) is 13.5 Å². The molecule has 0 N–H and O–H groups in total. The zero-order chi connectivity index (χ0) is 14.9. The zero-order valence-corrected chi connectivity index (χ0v) is 12.0. The van der Waals surface area contributed by atoms with E-state index >= 15 is 0 Å². The maximum absolute atomic E-state index is 5.41. The third-order valence-electron chi connectivity index (χ3n) is 3.64. The van der Waals surface area contributed by atoms with Gasteiger partial charge >= 0.3 is 0 Å². The highest BCUT2D eigenvalue weighted by molar-refractivity contribution is 5.84. The smallest absolute Gasteiger partial charge is 0.182 e. The minimum absolute atomic E-state index is 0.623. The van der Waals surface area contributed by atoms with Crippen LogP contribution in [0.4, 0.5) is 0 Å². The molecule has 6 nitrogen and oxygen atoms in total. The van der Waals surface area contributed by atoms with Crippen molar-refractivity contribution in [2.24, 2.45) is 0 Å². The minimum Gasteiger partial charge on any atom is -0.463 e. The summed E-state index contributed by atoms with van der Waals surface area (Å²) in [6, 6.07) is 11.9.